The van der Waals surface area contributed by atoms with Gasteiger partial charge in [-0.15, -0.1) is 16.4 Å². The standard InChI is InChI=1S/C56H24B13NO/c57-42-38(40-46(61)50(65)52(67)51(66)47(40)62)43(58)45(60)39(44(42)59)41-48(63)53(68)55(54(69)49(41)64)70(28-22-19-27(20-23-28)30-15-7-11-25-9-1-3-12-29(25)30)35-17-6-5-14-32(35)33-16-8-18-36-37(33)34-24-21-26-10-2-4-13-31(26)56(34)71-36/h1-24H. The summed E-state index contributed by atoms with van der Waals surface area (Å²) in [6, 6.07) is 49.0. The topological polar surface area (TPSA) is 16.4 Å². The predicted octanol–water partition coefficient (Wildman–Crippen LogP) is 0.350. The molecule has 1 heterocycles. The van der Waals surface area contributed by atoms with E-state index in [2.05, 4.69) is 72.8 Å². The van der Waals surface area contributed by atoms with E-state index in [1.54, 1.807) is 0 Å². The number of benzene rings is 10. The molecule has 11 rings (SSSR count). The van der Waals surface area contributed by atoms with Crippen molar-refractivity contribution in [3.05, 3.63) is 146 Å². The van der Waals surface area contributed by atoms with Gasteiger partial charge in [0.1, 0.15) is 113 Å². The van der Waals surface area contributed by atoms with Gasteiger partial charge in [0.05, 0.1) is 5.69 Å². The van der Waals surface area contributed by atoms with Crippen LogP contribution in [0.5, 0.6) is 0 Å². The highest BCUT2D eigenvalue weighted by Crippen LogP contribution is 2.45. The zero-order valence-electron chi connectivity index (χ0n) is 38.2. The molecular weight excluding hydrogens is 843 g/mol. The lowest BCUT2D eigenvalue weighted by Gasteiger charge is -2.35. The van der Waals surface area contributed by atoms with E-state index in [0.717, 1.165) is 65.7 Å². The Morgan fingerprint density at radius 1 is 0.310 bits per heavy atom. The van der Waals surface area contributed by atoms with Crippen molar-refractivity contribution in [2.24, 2.45) is 0 Å². The SMILES string of the molecule is [B]c1c([B])c([B])c(-c2c([B])c([B])c(-c3c([B])c([B])c(N(c4ccc(-c5cccc6ccccc56)cc4)c4ccccc4-c4cccc5oc6c7ccccc7ccc6c45)c([B])c3[B])c([B])c2[B])c([B])c1[B]. The summed E-state index contributed by atoms with van der Waals surface area (Å²) in [5.74, 6) is 0. The van der Waals surface area contributed by atoms with Crippen molar-refractivity contribution in [3.8, 4) is 44.5 Å². The van der Waals surface area contributed by atoms with Crippen LogP contribution in [0.25, 0.3) is 88.0 Å². The summed E-state index contributed by atoms with van der Waals surface area (Å²) in [5.41, 5.74) is 7.18. The van der Waals surface area contributed by atoms with E-state index in [1.165, 1.54) is 0 Å². The molecule has 11 aromatic rings. The summed E-state index contributed by atoms with van der Waals surface area (Å²) < 4.78 is 6.65. The first-order valence-corrected chi connectivity index (χ1v) is 22.5. The first-order valence-electron chi connectivity index (χ1n) is 22.5. The van der Waals surface area contributed by atoms with Crippen LogP contribution in [0.15, 0.2) is 150 Å². The second-order valence-electron chi connectivity index (χ2n) is 17.6. The molecule has 0 unspecified atom stereocenters. The van der Waals surface area contributed by atoms with Crippen LogP contribution in [0.3, 0.4) is 0 Å². The summed E-state index contributed by atoms with van der Waals surface area (Å²) in [5, 5.41) is 6.20. The molecule has 298 valence electrons. The number of para-hydroxylation sites is 1. The molecule has 0 atom stereocenters. The van der Waals surface area contributed by atoms with Gasteiger partial charge < -0.3 is 9.32 Å². The van der Waals surface area contributed by atoms with Crippen LogP contribution in [0.2, 0.25) is 0 Å². The molecule has 0 fully saturated rings. The Morgan fingerprint density at radius 3 is 1.35 bits per heavy atom. The monoisotopic (exact) mass is 869 g/mol. The lowest BCUT2D eigenvalue weighted by atomic mass is 9.55. The number of hydrogen-bond acceptors (Lipinski definition) is 2. The Bertz CT molecular complexity index is 3960. The highest BCUT2D eigenvalue weighted by atomic mass is 16.3. The van der Waals surface area contributed by atoms with E-state index in [4.69, 9.17) is 106 Å². The number of furan rings is 1. The number of fused-ring (bicyclic) bond motifs is 6. The Labute approximate surface area is 430 Å². The number of nitrogens with zero attached hydrogens (tertiary/aromatic N) is 1. The molecule has 10 aromatic carbocycles. The molecule has 0 bridgehead atoms. The summed E-state index contributed by atoms with van der Waals surface area (Å²) >= 11 is 0. The van der Waals surface area contributed by atoms with Gasteiger partial charge in [-0.2, -0.15) is 0 Å². The van der Waals surface area contributed by atoms with Gasteiger partial charge in [0.25, 0.3) is 0 Å². The zero-order valence-corrected chi connectivity index (χ0v) is 38.2. The van der Waals surface area contributed by atoms with Crippen molar-refractivity contribution < 1.29 is 4.42 Å². The molecule has 0 saturated heterocycles. The molecule has 71 heavy (non-hydrogen) atoms. The van der Waals surface area contributed by atoms with Gasteiger partial charge in [0.15, 0.2) is 0 Å². The number of hydrogen-bond donors (Lipinski definition) is 0. The fraction of sp³-hybridized carbons (Fsp3) is 0. The molecule has 0 N–H and O–H groups in total. The Balaban J connectivity index is 1.15. The maximum Gasteiger partial charge on any atom is 0.143 e. The van der Waals surface area contributed by atoms with Gasteiger partial charge in [0, 0.05) is 33.1 Å². The van der Waals surface area contributed by atoms with Gasteiger partial charge in [-0.05, 0) is 85.4 Å². The van der Waals surface area contributed by atoms with Crippen LogP contribution in [0, 0.1) is 0 Å². The normalized spacial score (nSPS) is 11.5. The smallest absolute Gasteiger partial charge is 0.143 e. The minimum atomic E-state index is -0.0659. The van der Waals surface area contributed by atoms with Crippen molar-refractivity contribution in [2.45, 2.75) is 0 Å². The van der Waals surface area contributed by atoms with Crippen molar-refractivity contribution in [3.63, 3.8) is 0 Å². The minimum absolute atomic E-state index is 0.00122. The van der Waals surface area contributed by atoms with E-state index >= 15 is 0 Å². The lowest BCUT2D eigenvalue weighted by molar-refractivity contribution is 0.673. The largest absolute Gasteiger partial charge is 0.455 e. The zero-order chi connectivity index (χ0) is 49.7. The van der Waals surface area contributed by atoms with Gasteiger partial charge in [-0.1, -0.05) is 170 Å². The molecule has 1 aromatic heterocycles. The fourth-order valence-electron chi connectivity index (χ4n) is 10.1. The number of rotatable bonds is 7. The van der Waals surface area contributed by atoms with E-state index in [0.29, 0.717) is 17.1 Å². The molecule has 0 aliphatic rings. The van der Waals surface area contributed by atoms with Gasteiger partial charge in [-0.25, -0.2) is 0 Å². The average Bonchev–Trinajstić information content (AvgIpc) is 3.79. The first-order chi connectivity index (χ1) is 34.2. The predicted molar refractivity (Wildman–Crippen MR) is 315 cm³/mol. The molecule has 26 radical (unpaired) electrons. The van der Waals surface area contributed by atoms with Crippen molar-refractivity contribution >= 4 is 234 Å². The second kappa shape index (κ2) is 17.8. The Kier molecular flexibility index (Phi) is 11.7. The van der Waals surface area contributed by atoms with E-state index < -0.39 is 0 Å². The summed E-state index contributed by atoms with van der Waals surface area (Å²) in [6.45, 7) is 0. The molecule has 2 nitrogen and oxygen atoms in total. The van der Waals surface area contributed by atoms with Crippen LogP contribution in [0.4, 0.5) is 17.1 Å². The van der Waals surface area contributed by atoms with E-state index in [-0.39, 0.29) is 93.3 Å². The molecule has 0 saturated carbocycles. The van der Waals surface area contributed by atoms with Crippen molar-refractivity contribution in [2.75, 3.05) is 4.90 Å². The van der Waals surface area contributed by atoms with Crippen molar-refractivity contribution in [1.82, 2.24) is 0 Å². The van der Waals surface area contributed by atoms with Crippen LogP contribution < -0.4 is 75.9 Å². The second-order valence-corrected chi connectivity index (χ2v) is 17.6. The average molecular weight is 867 g/mol. The number of anilines is 3. The van der Waals surface area contributed by atoms with Crippen molar-refractivity contribution in [1.29, 1.82) is 0 Å². The third-order valence-corrected chi connectivity index (χ3v) is 13.8. The van der Waals surface area contributed by atoms with Gasteiger partial charge in [0.2, 0.25) is 0 Å². The summed E-state index contributed by atoms with van der Waals surface area (Å²) in [7, 11) is 87.8. The van der Waals surface area contributed by atoms with Crippen LogP contribution in [-0.2, 0) is 0 Å². The first kappa shape index (κ1) is 46.5. The highest BCUT2D eigenvalue weighted by molar-refractivity contribution is 6.72. The van der Waals surface area contributed by atoms with Gasteiger partial charge >= 0.3 is 0 Å². The quantitative estimate of drug-likeness (QED) is 0.216. The molecule has 0 amide bonds. The fourth-order valence-corrected chi connectivity index (χ4v) is 10.1. The van der Waals surface area contributed by atoms with E-state index in [1.807, 2.05) is 77.7 Å². The molecule has 0 aliphatic heterocycles. The van der Waals surface area contributed by atoms with Crippen LogP contribution in [-0.4, -0.2) is 102 Å². The Hall–Kier alpha value is -6.84. The Morgan fingerprint density at radius 2 is 0.746 bits per heavy atom. The van der Waals surface area contributed by atoms with Gasteiger partial charge in [-0.3, -0.25) is 0 Å². The third kappa shape index (κ3) is 7.20. The molecular formula is C56H24B13NO. The summed E-state index contributed by atoms with van der Waals surface area (Å²) in [6.07, 6.45) is 0. The molecule has 0 aliphatic carbocycles. The summed E-state index contributed by atoms with van der Waals surface area (Å²) in [4.78, 5) is 1.96. The van der Waals surface area contributed by atoms with Crippen LogP contribution >= 0.6 is 0 Å². The lowest BCUT2D eigenvalue weighted by Crippen LogP contribution is -2.57. The maximum atomic E-state index is 7.29. The van der Waals surface area contributed by atoms with E-state index in [9.17, 15) is 0 Å². The highest BCUT2D eigenvalue weighted by Gasteiger charge is 2.28. The third-order valence-electron chi connectivity index (χ3n) is 13.8. The molecule has 0 spiro atoms. The van der Waals surface area contributed by atoms with Crippen LogP contribution in [0.1, 0.15) is 0 Å². The molecule has 15 heteroatoms. The minimum Gasteiger partial charge on any atom is -0.455 e. The maximum absolute atomic E-state index is 7.29.